The van der Waals surface area contributed by atoms with Gasteiger partial charge in [-0.1, -0.05) is 24.3 Å². The third-order valence-electron chi connectivity index (χ3n) is 2.40. The lowest BCUT2D eigenvalue weighted by molar-refractivity contribution is -0.144. The number of esters is 1. The van der Waals surface area contributed by atoms with Crippen molar-refractivity contribution < 1.29 is 13.9 Å². The molecule has 4 heteroatoms. The Kier molecular flexibility index (Phi) is 6.08. The minimum Gasteiger partial charge on any atom is -0.465 e. The minimum absolute atomic E-state index is 0.133. The highest BCUT2D eigenvalue weighted by Crippen LogP contribution is 2.09. The topological polar surface area (TPSA) is 29.5 Å². The predicted octanol–water partition coefficient (Wildman–Crippen LogP) is 2.38. The predicted molar refractivity (Wildman–Crippen MR) is 68.5 cm³/mol. The summed E-state index contributed by atoms with van der Waals surface area (Å²) >= 11 is 0. The summed E-state index contributed by atoms with van der Waals surface area (Å²) in [5.41, 5.74) is 0.559. The highest BCUT2D eigenvalue weighted by atomic mass is 19.1. The highest BCUT2D eigenvalue weighted by molar-refractivity contribution is 5.71. The molecule has 0 N–H and O–H groups in total. The summed E-state index contributed by atoms with van der Waals surface area (Å²) in [6.07, 6.45) is 1.68. The molecule has 0 amide bonds. The highest BCUT2D eigenvalue weighted by Gasteiger charge is 2.12. The maximum absolute atomic E-state index is 13.5. The Balaban J connectivity index is 2.65. The van der Waals surface area contributed by atoms with Crippen LogP contribution in [0.1, 0.15) is 12.5 Å². The van der Waals surface area contributed by atoms with Gasteiger partial charge in [-0.3, -0.25) is 9.69 Å². The Morgan fingerprint density at radius 1 is 1.50 bits per heavy atom. The maximum Gasteiger partial charge on any atom is 0.320 e. The second-order valence-electron chi connectivity index (χ2n) is 3.85. The van der Waals surface area contributed by atoms with E-state index in [0.29, 0.717) is 25.3 Å². The molecule has 0 heterocycles. The largest absolute Gasteiger partial charge is 0.465 e. The van der Waals surface area contributed by atoms with Crippen LogP contribution in [0.25, 0.3) is 0 Å². The Morgan fingerprint density at radius 3 is 2.83 bits per heavy atom. The summed E-state index contributed by atoms with van der Waals surface area (Å²) in [6, 6.07) is 6.53. The van der Waals surface area contributed by atoms with E-state index in [1.54, 1.807) is 36.1 Å². The Morgan fingerprint density at radius 2 is 2.22 bits per heavy atom. The number of benzene rings is 1. The zero-order chi connectivity index (χ0) is 13.4. The summed E-state index contributed by atoms with van der Waals surface area (Å²) in [4.78, 5) is 13.2. The van der Waals surface area contributed by atoms with E-state index in [1.165, 1.54) is 6.07 Å². The number of halogens is 1. The van der Waals surface area contributed by atoms with Gasteiger partial charge in [-0.2, -0.15) is 0 Å². The van der Waals surface area contributed by atoms with Gasteiger partial charge in [0, 0.05) is 18.7 Å². The molecule has 0 saturated carbocycles. The van der Waals surface area contributed by atoms with Crippen LogP contribution in [-0.2, 0) is 16.1 Å². The van der Waals surface area contributed by atoms with E-state index in [9.17, 15) is 9.18 Å². The number of carbonyl (C=O) groups is 1. The lowest BCUT2D eigenvalue weighted by atomic mass is 10.2. The van der Waals surface area contributed by atoms with Gasteiger partial charge in [0.25, 0.3) is 0 Å². The van der Waals surface area contributed by atoms with Gasteiger partial charge in [0.2, 0.25) is 0 Å². The SMILES string of the molecule is C=CCN(CC(=O)OCC)Cc1ccccc1F. The fourth-order valence-corrected chi connectivity index (χ4v) is 1.62. The van der Waals surface area contributed by atoms with Gasteiger partial charge < -0.3 is 4.74 Å². The van der Waals surface area contributed by atoms with Gasteiger partial charge in [-0.25, -0.2) is 4.39 Å². The second-order valence-corrected chi connectivity index (χ2v) is 3.85. The third kappa shape index (κ3) is 4.67. The average molecular weight is 251 g/mol. The number of hydrogen-bond donors (Lipinski definition) is 0. The summed E-state index contributed by atoms with van der Waals surface area (Å²) in [6.45, 7) is 6.73. The molecule has 0 saturated heterocycles. The molecular formula is C14H18FNO2. The number of carbonyl (C=O) groups excluding carboxylic acids is 1. The van der Waals surface area contributed by atoms with Crippen molar-refractivity contribution in [3.05, 3.63) is 48.3 Å². The molecule has 0 aliphatic heterocycles. The molecular weight excluding hydrogens is 233 g/mol. The first-order valence-corrected chi connectivity index (χ1v) is 5.89. The Hall–Kier alpha value is -1.68. The van der Waals surface area contributed by atoms with Crippen LogP contribution in [-0.4, -0.2) is 30.6 Å². The maximum atomic E-state index is 13.5. The molecule has 1 rings (SSSR count). The van der Waals surface area contributed by atoms with Crippen molar-refractivity contribution in [2.75, 3.05) is 19.7 Å². The molecule has 0 atom stereocenters. The van der Waals surface area contributed by atoms with Crippen LogP contribution < -0.4 is 0 Å². The quantitative estimate of drug-likeness (QED) is 0.550. The van der Waals surface area contributed by atoms with Crippen molar-refractivity contribution in [1.29, 1.82) is 0 Å². The molecule has 1 aromatic carbocycles. The molecule has 0 spiro atoms. The van der Waals surface area contributed by atoms with Crippen LogP contribution >= 0.6 is 0 Å². The fraction of sp³-hybridized carbons (Fsp3) is 0.357. The van der Waals surface area contributed by atoms with Gasteiger partial charge in [0.05, 0.1) is 13.2 Å². The number of hydrogen-bond acceptors (Lipinski definition) is 3. The zero-order valence-corrected chi connectivity index (χ0v) is 10.6. The molecule has 18 heavy (non-hydrogen) atoms. The molecule has 0 unspecified atom stereocenters. The smallest absolute Gasteiger partial charge is 0.320 e. The van der Waals surface area contributed by atoms with Crippen LogP contribution in [0.3, 0.4) is 0 Å². The van der Waals surface area contributed by atoms with Crippen molar-refractivity contribution in [2.24, 2.45) is 0 Å². The van der Waals surface area contributed by atoms with Gasteiger partial charge in [-0.15, -0.1) is 6.58 Å². The third-order valence-corrected chi connectivity index (χ3v) is 2.40. The average Bonchev–Trinajstić information content (AvgIpc) is 2.32. The fourth-order valence-electron chi connectivity index (χ4n) is 1.62. The Bertz CT molecular complexity index is 407. The van der Waals surface area contributed by atoms with E-state index in [1.807, 2.05) is 0 Å². The summed E-state index contributed by atoms with van der Waals surface area (Å²) < 4.78 is 18.4. The van der Waals surface area contributed by atoms with Crippen LogP contribution in [0.4, 0.5) is 4.39 Å². The molecule has 0 aliphatic rings. The van der Waals surface area contributed by atoms with E-state index in [2.05, 4.69) is 6.58 Å². The van der Waals surface area contributed by atoms with Crippen molar-refractivity contribution in [1.82, 2.24) is 4.90 Å². The van der Waals surface area contributed by atoms with Crippen LogP contribution in [0.15, 0.2) is 36.9 Å². The second kappa shape index (κ2) is 7.61. The van der Waals surface area contributed by atoms with Crippen LogP contribution in [0, 0.1) is 5.82 Å². The first kappa shape index (κ1) is 14.4. The first-order chi connectivity index (χ1) is 8.67. The van der Waals surface area contributed by atoms with Gasteiger partial charge in [0.15, 0.2) is 0 Å². The van der Waals surface area contributed by atoms with Crippen molar-refractivity contribution in [2.45, 2.75) is 13.5 Å². The van der Waals surface area contributed by atoms with Crippen molar-refractivity contribution in [3.63, 3.8) is 0 Å². The number of nitrogens with zero attached hydrogens (tertiary/aromatic N) is 1. The summed E-state index contributed by atoms with van der Waals surface area (Å²) in [7, 11) is 0. The van der Waals surface area contributed by atoms with Gasteiger partial charge in [-0.05, 0) is 13.0 Å². The summed E-state index contributed by atoms with van der Waals surface area (Å²) in [5.74, 6) is -0.578. The van der Waals surface area contributed by atoms with E-state index in [-0.39, 0.29) is 18.3 Å². The molecule has 0 aliphatic carbocycles. The van der Waals surface area contributed by atoms with Crippen molar-refractivity contribution in [3.8, 4) is 0 Å². The minimum atomic E-state index is -0.310. The van der Waals surface area contributed by atoms with Crippen molar-refractivity contribution >= 4 is 5.97 Å². The standard InChI is InChI=1S/C14H18FNO2/c1-3-9-16(11-14(17)18-4-2)10-12-7-5-6-8-13(12)15/h3,5-8H,1,4,9-11H2,2H3. The molecule has 0 bridgehead atoms. The molecule has 0 aromatic heterocycles. The van der Waals surface area contributed by atoms with Gasteiger partial charge in [0.1, 0.15) is 5.82 Å². The molecule has 98 valence electrons. The molecule has 3 nitrogen and oxygen atoms in total. The number of rotatable bonds is 7. The molecule has 0 radical (unpaired) electrons. The molecule has 0 fully saturated rings. The lowest BCUT2D eigenvalue weighted by Crippen LogP contribution is -2.31. The zero-order valence-electron chi connectivity index (χ0n) is 10.6. The van der Waals surface area contributed by atoms with E-state index in [4.69, 9.17) is 4.74 Å². The van der Waals surface area contributed by atoms with E-state index >= 15 is 0 Å². The molecule has 1 aromatic rings. The Labute approximate surface area is 107 Å². The van der Waals surface area contributed by atoms with Gasteiger partial charge >= 0.3 is 5.97 Å². The van der Waals surface area contributed by atoms with E-state index < -0.39 is 0 Å². The first-order valence-electron chi connectivity index (χ1n) is 5.89. The van der Waals surface area contributed by atoms with Crippen LogP contribution in [0.5, 0.6) is 0 Å². The normalized spacial score (nSPS) is 10.4. The lowest BCUT2D eigenvalue weighted by Gasteiger charge is -2.19. The van der Waals surface area contributed by atoms with E-state index in [0.717, 1.165) is 0 Å². The number of ether oxygens (including phenoxy) is 1. The monoisotopic (exact) mass is 251 g/mol. The summed E-state index contributed by atoms with van der Waals surface area (Å²) in [5, 5.41) is 0. The van der Waals surface area contributed by atoms with Crippen LogP contribution in [0.2, 0.25) is 0 Å².